The minimum atomic E-state index is -0.463. The van der Waals surface area contributed by atoms with E-state index in [-0.39, 0.29) is 12.3 Å². The molecule has 1 amide bonds. The van der Waals surface area contributed by atoms with E-state index in [1.165, 1.54) is 0 Å². The van der Waals surface area contributed by atoms with E-state index in [9.17, 15) is 9.90 Å². The maximum atomic E-state index is 11.6. The van der Waals surface area contributed by atoms with Crippen molar-refractivity contribution in [1.82, 2.24) is 5.32 Å². The largest absolute Gasteiger partial charge is 0.391 e. The fourth-order valence-electron chi connectivity index (χ4n) is 1.54. The van der Waals surface area contributed by atoms with Gasteiger partial charge in [-0.05, 0) is 18.1 Å². The van der Waals surface area contributed by atoms with E-state index in [1.54, 1.807) is 6.07 Å². The number of hydrogen-bond donors (Lipinski definition) is 2. The zero-order valence-corrected chi connectivity index (χ0v) is 10.7. The van der Waals surface area contributed by atoms with Crippen molar-refractivity contribution in [3.05, 3.63) is 34.9 Å². The molecule has 1 atom stereocenters. The van der Waals surface area contributed by atoms with Gasteiger partial charge in [-0.2, -0.15) is 0 Å². The number of aliphatic hydroxyl groups excluding tert-OH is 1. The van der Waals surface area contributed by atoms with Crippen LogP contribution in [-0.2, 0) is 11.2 Å². The summed E-state index contributed by atoms with van der Waals surface area (Å²) < 4.78 is 0. The summed E-state index contributed by atoms with van der Waals surface area (Å²) >= 11 is 5.95. The highest BCUT2D eigenvalue weighted by Gasteiger charge is 2.08. The average Bonchev–Trinajstić information content (AvgIpc) is 2.30. The number of nitrogens with one attached hydrogen (secondary N) is 1. The molecule has 0 aliphatic carbocycles. The van der Waals surface area contributed by atoms with Crippen LogP contribution in [-0.4, -0.2) is 23.7 Å². The molecule has 0 bridgehead atoms. The summed E-state index contributed by atoms with van der Waals surface area (Å²) in [6, 6.07) is 7.26. The molecule has 0 fully saturated rings. The smallest absolute Gasteiger partial charge is 0.224 e. The van der Waals surface area contributed by atoms with E-state index in [4.69, 9.17) is 11.6 Å². The van der Waals surface area contributed by atoms with Gasteiger partial charge in [0.25, 0.3) is 0 Å². The molecule has 0 aliphatic rings. The Balaban J connectivity index is 2.37. The van der Waals surface area contributed by atoms with Crippen molar-refractivity contribution in [2.75, 3.05) is 6.54 Å². The molecule has 3 nitrogen and oxygen atoms in total. The molecule has 0 saturated heterocycles. The monoisotopic (exact) mass is 255 g/mol. The van der Waals surface area contributed by atoms with E-state index in [1.807, 2.05) is 25.1 Å². The normalized spacial score (nSPS) is 12.2. The van der Waals surface area contributed by atoms with Crippen LogP contribution < -0.4 is 5.32 Å². The zero-order valence-electron chi connectivity index (χ0n) is 9.95. The second kappa shape index (κ2) is 7.30. The number of halogens is 1. The first-order valence-corrected chi connectivity index (χ1v) is 6.19. The van der Waals surface area contributed by atoms with Crippen LogP contribution in [0.5, 0.6) is 0 Å². The molecule has 0 saturated carbocycles. The van der Waals surface area contributed by atoms with Gasteiger partial charge in [0.1, 0.15) is 0 Å². The molecule has 1 aromatic rings. The molecule has 0 radical (unpaired) electrons. The molecule has 4 heteroatoms. The summed E-state index contributed by atoms with van der Waals surface area (Å²) in [5.41, 5.74) is 0.802. The number of carbonyl (C=O) groups is 1. The van der Waals surface area contributed by atoms with Crippen LogP contribution >= 0.6 is 11.6 Å². The fourth-order valence-corrected chi connectivity index (χ4v) is 1.75. The predicted molar refractivity (Wildman–Crippen MR) is 69.1 cm³/mol. The van der Waals surface area contributed by atoms with Gasteiger partial charge in [0.2, 0.25) is 5.91 Å². The third-order valence-corrected chi connectivity index (χ3v) is 2.83. The van der Waals surface area contributed by atoms with Crippen LogP contribution in [0.4, 0.5) is 0 Å². The molecular weight excluding hydrogens is 238 g/mol. The van der Waals surface area contributed by atoms with Crippen LogP contribution in [0, 0.1) is 0 Å². The summed E-state index contributed by atoms with van der Waals surface area (Å²) in [5.74, 6) is -0.117. The van der Waals surface area contributed by atoms with E-state index >= 15 is 0 Å². The predicted octanol–water partition coefficient (Wildman–Crippen LogP) is 2.16. The average molecular weight is 256 g/mol. The van der Waals surface area contributed by atoms with Gasteiger partial charge in [0.05, 0.1) is 12.5 Å². The van der Waals surface area contributed by atoms with Crippen LogP contribution in [0.3, 0.4) is 0 Å². The molecule has 0 heterocycles. The summed E-state index contributed by atoms with van der Waals surface area (Å²) in [6.07, 6.45) is 1.39. The molecule has 0 aliphatic heterocycles. The lowest BCUT2D eigenvalue weighted by atomic mass is 10.1. The minimum absolute atomic E-state index is 0.117. The lowest BCUT2D eigenvalue weighted by molar-refractivity contribution is -0.120. The number of rotatable bonds is 6. The van der Waals surface area contributed by atoms with Crippen molar-refractivity contribution >= 4 is 17.5 Å². The summed E-state index contributed by atoms with van der Waals surface area (Å²) in [5, 5.41) is 12.8. The Morgan fingerprint density at radius 3 is 2.82 bits per heavy atom. The van der Waals surface area contributed by atoms with E-state index in [2.05, 4.69) is 5.32 Å². The van der Waals surface area contributed by atoms with Gasteiger partial charge in [0, 0.05) is 11.6 Å². The maximum Gasteiger partial charge on any atom is 0.224 e. The molecule has 17 heavy (non-hydrogen) atoms. The molecule has 1 aromatic carbocycles. The lowest BCUT2D eigenvalue weighted by Gasteiger charge is -2.11. The van der Waals surface area contributed by atoms with Gasteiger partial charge in [-0.1, -0.05) is 43.1 Å². The Kier molecular flexibility index (Phi) is 6.01. The Morgan fingerprint density at radius 1 is 1.47 bits per heavy atom. The zero-order chi connectivity index (χ0) is 12.7. The molecule has 0 aromatic heterocycles. The number of aliphatic hydroxyl groups is 1. The Morgan fingerprint density at radius 2 is 2.18 bits per heavy atom. The van der Waals surface area contributed by atoms with Crippen LogP contribution in [0.1, 0.15) is 25.3 Å². The van der Waals surface area contributed by atoms with Crippen molar-refractivity contribution in [3.63, 3.8) is 0 Å². The number of carbonyl (C=O) groups excluding carboxylic acids is 1. The van der Waals surface area contributed by atoms with Crippen molar-refractivity contribution in [2.24, 2.45) is 0 Å². The van der Waals surface area contributed by atoms with Gasteiger partial charge in [-0.3, -0.25) is 4.79 Å². The highest BCUT2D eigenvalue weighted by molar-refractivity contribution is 6.31. The summed E-state index contributed by atoms with van der Waals surface area (Å²) in [6.45, 7) is 2.30. The molecular formula is C13H18ClNO2. The first-order valence-electron chi connectivity index (χ1n) is 5.81. The SMILES string of the molecule is CCCC(O)CNC(=O)Cc1ccccc1Cl. The van der Waals surface area contributed by atoms with Gasteiger partial charge >= 0.3 is 0 Å². The second-order valence-corrected chi connectivity index (χ2v) is 4.42. The molecule has 1 rings (SSSR count). The highest BCUT2D eigenvalue weighted by Crippen LogP contribution is 2.15. The van der Waals surface area contributed by atoms with Gasteiger partial charge in [0.15, 0.2) is 0 Å². The number of hydrogen-bond acceptors (Lipinski definition) is 2. The van der Waals surface area contributed by atoms with Crippen molar-refractivity contribution in [3.8, 4) is 0 Å². The molecule has 0 spiro atoms. The number of amides is 1. The third-order valence-electron chi connectivity index (χ3n) is 2.47. The van der Waals surface area contributed by atoms with Crippen LogP contribution in [0.2, 0.25) is 5.02 Å². The van der Waals surface area contributed by atoms with E-state index < -0.39 is 6.10 Å². The first kappa shape index (κ1) is 14.0. The van der Waals surface area contributed by atoms with Crippen molar-refractivity contribution in [1.29, 1.82) is 0 Å². The van der Waals surface area contributed by atoms with Crippen LogP contribution in [0.15, 0.2) is 24.3 Å². The summed E-state index contributed by atoms with van der Waals surface area (Å²) in [4.78, 5) is 11.6. The van der Waals surface area contributed by atoms with Crippen molar-refractivity contribution in [2.45, 2.75) is 32.3 Å². The van der Waals surface area contributed by atoms with Crippen molar-refractivity contribution < 1.29 is 9.90 Å². The Bertz CT molecular complexity index is 368. The quantitative estimate of drug-likeness (QED) is 0.819. The van der Waals surface area contributed by atoms with Crippen LogP contribution in [0.25, 0.3) is 0 Å². The van der Waals surface area contributed by atoms with Gasteiger partial charge in [-0.25, -0.2) is 0 Å². The Labute approximate surface area is 107 Å². The Hall–Kier alpha value is -1.06. The second-order valence-electron chi connectivity index (χ2n) is 4.01. The summed E-state index contributed by atoms with van der Waals surface area (Å²) in [7, 11) is 0. The standard InChI is InChI=1S/C13H18ClNO2/c1-2-5-11(16)9-15-13(17)8-10-6-3-4-7-12(10)14/h3-4,6-7,11,16H,2,5,8-9H2,1H3,(H,15,17). The molecule has 1 unspecified atom stereocenters. The fraction of sp³-hybridized carbons (Fsp3) is 0.462. The van der Waals surface area contributed by atoms with Gasteiger partial charge in [-0.15, -0.1) is 0 Å². The van der Waals surface area contributed by atoms with E-state index in [0.29, 0.717) is 18.0 Å². The minimum Gasteiger partial charge on any atom is -0.391 e. The molecule has 94 valence electrons. The lowest BCUT2D eigenvalue weighted by Crippen LogP contribution is -2.33. The van der Waals surface area contributed by atoms with E-state index in [0.717, 1.165) is 12.0 Å². The first-order chi connectivity index (χ1) is 8.13. The number of benzene rings is 1. The third kappa shape index (κ3) is 5.20. The van der Waals surface area contributed by atoms with Gasteiger partial charge < -0.3 is 10.4 Å². The topological polar surface area (TPSA) is 49.3 Å². The highest BCUT2D eigenvalue weighted by atomic mass is 35.5. The maximum absolute atomic E-state index is 11.6. The molecule has 2 N–H and O–H groups in total.